The average molecular weight is 468 g/mol. The van der Waals surface area contributed by atoms with Crippen molar-refractivity contribution in [2.75, 3.05) is 6.61 Å². The first kappa shape index (κ1) is 24.6. The summed E-state index contributed by atoms with van der Waals surface area (Å²) in [7, 11) is -3.97. The Morgan fingerprint density at radius 1 is 1.00 bits per heavy atom. The smallest absolute Gasteiger partial charge is 0.276 e. The van der Waals surface area contributed by atoms with Gasteiger partial charge in [-0.1, -0.05) is 43.6 Å². The minimum Gasteiger partial charge on any atom is -0.483 e. The summed E-state index contributed by atoms with van der Waals surface area (Å²) in [5, 5.41) is 0.392. The van der Waals surface area contributed by atoms with Gasteiger partial charge in [-0.05, 0) is 55.2 Å². The molecule has 0 bridgehead atoms. The predicted molar refractivity (Wildman–Crippen MR) is 118 cm³/mol. The second-order valence-corrected chi connectivity index (χ2v) is 9.49. The molecule has 0 saturated carbocycles. The molecular weight excluding hydrogens is 442 g/mol. The molecule has 0 aliphatic heterocycles. The standard InChI is InChI=1S/C21H26ClN3O5S/c1-13(2)19(25-31(28,29)17-10-8-16(22)9-11-17)21(27)24-23-18(26)12-30-20-14(3)6-5-7-15(20)4/h5-11,13,19,25H,12H2,1-4H3,(H,23,26)(H,24,27)/t19-/m0/s1. The van der Waals surface area contributed by atoms with Gasteiger partial charge in [0.15, 0.2) is 6.61 Å². The summed E-state index contributed by atoms with van der Waals surface area (Å²) in [4.78, 5) is 24.6. The van der Waals surface area contributed by atoms with Crippen molar-refractivity contribution < 1.29 is 22.7 Å². The molecule has 3 N–H and O–H groups in total. The first-order valence-electron chi connectivity index (χ1n) is 9.57. The number of nitrogens with one attached hydrogen (secondary N) is 3. The zero-order chi connectivity index (χ0) is 23.2. The first-order valence-corrected chi connectivity index (χ1v) is 11.4. The molecular formula is C21H26ClN3O5S. The fraction of sp³-hybridized carbons (Fsp3) is 0.333. The largest absolute Gasteiger partial charge is 0.483 e. The number of sulfonamides is 1. The number of rotatable bonds is 8. The number of halogens is 1. The number of carbonyl (C=O) groups is 2. The van der Waals surface area contributed by atoms with Crippen LogP contribution in [0.15, 0.2) is 47.4 Å². The molecule has 0 heterocycles. The van der Waals surface area contributed by atoms with E-state index in [-0.39, 0.29) is 17.4 Å². The molecule has 0 saturated heterocycles. The van der Waals surface area contributed by atoms with Crippen molar-refractivity contribution in [3.05, 3.63) is 58.6 Å². The van der Waals surface area contributed by atoms with Crippen LogP contribution in [0, 0.1) is 19.8 Å². The average Bonchev–Trinajstić information content (AvgIpc) is 2.70. The number of ether oxygens (including phenoxy) is 1. The summed E-state index contributed by atoms with van der Waals surface area (Å²) < 4.78 is 33.1. The number of para-hydroxylation sites is 1. The van der Waals surface area contributed by atoms with E-state index in [0.717, 1.165) is 11.1 Å². The monoisotopic (exact) mass is 467 g/mol. The van der Waals surface area contributed by atoms with Crippen molar-refractivity contribution >= 4 is 33.4 Å². The number of hydrogen-bond acceptors (Lipinski definition) is 5. The lowest BCUT2D eigenvalue weighted by Gasteiger charge is -2.22. The number of amides is 2. The summed E-state index contributed by atoms with van der Waals surface area (Å²) in [6, 6.07) is 10.1. The van der Waals surface area contributed by atoms with Crippen molar-refractivity contribution in [3.63, 3.8) is 0 Å². The van der Waals surface area contributed by atoms with Gasteiger partial charge in [0.25, 0.3) is 11.8 Å². The van der Waals surface area contributed by atoms with Crippen LogP contribution in [0.5, 0.6) is 5.75 Å². The molecule has 0 unspecified atom stereocenters. The zero-order valence-corrected chi connectivity index (χ0v) is 19.3. The van der Waals surface area contributed by atoms with E-state index in [4.69, 9.17) is 16.3 Å². The van der Waals surface area contributed by atoms with Gasteiger partial charge in [0.1, 0.15) is 11.8 Å². The Kier molecular flexibility index (Phi) is 8.43. The second kappa shape index (κ2) is 10.6. The van der Waals surface area contributed by atoms with Crippen molar-refractivity contribution in [1.29, 1.82) is 0 Å². The molecule has 0 fully saturated rings. The maximum Gasteiger partial charge on any atom is 0.276 e. The molecule has 1 atom stereocenters. The third-order valence-corrected chi connectivity index (χ3v) is 6.15. The van der Waals surface area contributed by atoms with E-state index in [2.05, 4.69) is 15.6 Å². The van der Waals surface area contributed by atoms with E-state index in [9.17, 15) is 18.0 Å². The summed E-state index contributed by atoms with van der Waals surface area (Å²) in [5.41, 5.74) is 6.26. The fourth-order valence-corrected chi connectivity index (χ4v) is 4.22. The van der Waals surface area contributed by atoms with E-state index >= 15 is 0 Å². The maximum atomic E-state index is 12.6. The molecule has 2 rings (SSSR count). The number of hydrazine groups is 1. The summed E-state index contributed by atoms with van der Waals surface area (Å²) >= 11 is 5.79. The van der Waals surface area contributed by atoms with E-state index in [1.807, 2.05) is 32.0 Å². The highest BCUT2D eigenvalue weighted by Crippen LogP contribution is 2.22. The first-order chi connectivity index (χ1) is 14.5. The molecule has 168 valence electrons. The van der Waals surface area contributed by atoms with Crippen LogP contribution in [-0.4, -0.2) is 32.9 Å². The van der Waals surface area contributed by atoms with Gasteiger partial charge in [0.2, 0.25) is 10.0 Å². The van der Waals surface area contributed by atoms with E-state index in [1.165, 1.54) is 24.3 Å². The molecule has 0 aliphatic rings. The molecule has 0 aliphatic carbocycles. The van der Waals surface area contributed by atoms with Crippen molar-refractivity contribution in [2.45, 2.75) is 38.6 Å². The van der Waals surface area contributed by atoms with Gasteiger partial charge in [-0.15, -0.1) is 0 Å². The van der Waals surface area contributed by atoms with E-state index in [0.29, 0.717) is 10.8 Å². The number of aryl methyl sites for hydroxylation is 2. The molecule has 2 aromatic rings. The van der Waals surface area contributed by atoms with Crippen LogP contribution in [0.4, 0.5) is 0 Å². The van der Waals surface area contributed by atoms with Crippen LogP contribution in [-0.2, 0) is 19.6 Å². The van der Waals surface area contributed by atoms with Gasteiger partial charge in [-0.3, -0.25) is 20.4 Å². The van der Waals surface area contributed by atoms with Crippen LogP contribution in [0.2, 0.25) is 5.02 Å². The van der Waals surface area contributed by atoms with Crippen LogP contribution in [0.1, 0.15) is 25.0 Å². The predicted octanol–water partition coefficient (Wildman–Crippen LogP) is 2.49. The second-order valence-electron chi connectivity index (χ2n) is 7.34. The molecule has 2 aromatic carbocycles. The van der Waals surface area contributed by atoms with Crippen LogP contribution in [0.3, 0.4) is 0 Å². The van der Waals surface area contributed by atoms with Gasteiger partial charge in [-0.2, -0.15) is 4.72 Å². The van der Waals surface area contributed by atoms with Gasteiger partial charge in [0, 0.05) is 5.02 Å². The highest BCUT2D eigenvalue weighted by molar-refractivity contribution is 7.89. The molecule has 10 heteroatoms. The summed E-state index contributed by atoms with van der Waals surface area (Å²) in [6.45, 7) is 6.78. The van der Waals surface area contributed by atoms with Gasteiger partial charge in [-0.25, -0.2) is 8.42 Å². The molecule has 2 amide bonds. The van der Waals surface area contributed by atoms with Crippen LogP contribution < -0.4 is 20.3 Å². The zero-order valence-electron chi connectivity index (χ0n) is 17.7. The number of hydrogen-bond donors (Lipinski definition) is 3. The molecule has 0 radical (unpaired) electrons. The minimum atomic E-state index is -3.97. The van der Waals surface area contributed by atoms with Crippen molar-refractivity contribution in [1.82, 2.24) is 15.6 Å². The van der Waals surface area contributed by atoms with Gasteiger partial charge in [0.05, 0.1) is 4.90 Å². The van der Waals surface area contributed by atoms with E-state index in [1.54, 1.807) is 13.8 Å². The van der Waals surface area contributed by atoms with Crippen molar-refractivity contribution in [2.24, 2.45) is 5.92 Å². The Balaban J connectivity index is 1.96. The lowest BCUT2D eigenvalue weighted by atomic mass is 10.1. The van der Waals surface area contributed by atoms with Crippen LogP contribution >= 0.6 is 11.6 Å². The quantitative estimate of drug-likeness (QED) is 0.516. The third-order valence-electron chi connectivity index (χ3n) is 4.44. The molecule has 8 nitrogen and oxygen atoms in total. The highest BCUT2D eigenvalue weighted by Gasteiger charge is 2.28. The lowest BCUT2D eigenvalue weighted by molar-refractivity contribution is -0.131. The van der Waals surface area contributed by atoms with E-state index < -0.39 is 27.9 Å². The maximum absolute atomic E-state index is 12.6. The molecule has 0 aromatic heterocycles. The number of benzene rings is 2. The minimum absolute atomic E-state index is 0.0265. The highest BCUT2D eigenvalue weighted by atomic mass is 35.5. The lowest BCUT2D eigenvalue weighted by Crippen LogP contribution is -2.54. The van der Waals surface area contributed by atoms with Crippen molar-refractivity contribution in [3.8, 4) is 5.75 Å². The van der Waals surface area contributed by atoms with Gasteiger partial charge >= 0.3 is 0 Å². The number of carbonyl (C=O) groups excluding carboxylic acids is 2. The Bertz CT molecular complexity index is 1020. The third kappa shape index (κ3) is 6.95. The fourth-order valence-electron chi connectivity index (χ4n) is 2.75. The topological polar surface area (TPSA) is 114 Å². The molecule has 31 heavy (non-hydrogen) atoms. The van der Waals surface area contributed by atoms with Crippen LogP contribution in [0.25, 0.3) is 0 Å². The van der Waals surface area contributed by atoms with Gasteiger partial charge < -0.3 is 4.74 Å². The Hall–Kier alpha value is -2.62. The Labute approximate surface area is 187 Å². The summed E-state index contributed by atoms with van der Waals surface area (Å²) in [6.07, 6.45) is 0. The summed E-state index contributed by atoms with van der Waals surface area (Å²) in [5.74, 6) is -1.07. The SMILES string of the molecule is Cc1cccc(C)c1OCC(=O)NNC(=O)[C@@H](NS(=O)(=O)c1ccc(Cl)cc1)C(C)C. The Morgan fingerprint density at radius 3 is 2.13 bits per heavy atom. The normalized spacial score (nSPS) is 12.3. The Morgan fingerprint density at radius 2 is 1.58 bits per heavy atom. The molecule has 0 spiro atoms.